The zero-order valence-electron chi connectivity index (χ0n) is 19.6. The van der Waals surface area contributed by atoms with Crippen LogP contribution in [0.2, 0.25) is 0 Å². The van der Waals surface area contributed by atoms with Gasteiger partial charge in [-0.2, -0.15) is 17.6 Å². The maximum atomic E-state index is 13.0. The first kappa shape index (κ1) is 26.6. The summed E-state index contributed by atoms with van der Waals surface area (Å²) in [5.41, 5.74) is -1.22. The Balaban J connectivity index is 0.000000144. The number of rotatable bonds is 1. The van der Waals surface area contributed by atoms with Crippen LogP contribution < -0.4 is 5.32 Å². The number of alkyl halides is 4. The molecule has 5 heterocycles. The van der Waals surface area contributed by atoms with Gasteiger partial charge in [0, 0.05) is 19.3 Å². The predicted molar refractivity (Wildman–Crippen MR) is 109 cm³/mol. The predicted octanol–water partition coefficient (Wildman–Crippen LogP) is 1.24. The number of aliphatic hydroxyl groups is 1. The van der Waals surface area contributed by atoms with E-state index in [0.29, 0.717) is 12.5 Å². The molecule has 34 heavy (non-hydrogen) atoms. The molecule has 3 amide bonds. The highest BCUT2D eigenvalue weighted by atomic mass is 19.3. The molecule has 0 aromatic heterocycles. The van der Waals surface area contributed by atoms with E-state index in [4.69, 9.17) is 14.6 Å². The van der Waals surface area contributed by atoms with Gasteiger partial charge in [-0.1, -0.05) is 0 Å². The Morgan fingerprint density at radius 1 is 0.912 bits per heavy atom. The average molecular weight is 497 g/mol. The lowest BCUT2D eigenvalue weighted by molar-refractivity contribution is -0.161. The molecule has 0 aliphatic carbocycles. The smallest absolute Gasteiger partial charge is 0.326 e. The topological polar surface area (TPSA) is 108 Å². The molecular weight excluding hydrogens is 466 g/mol. The average Bonchev–Trinajstić information content (AvgIpc) is 3.45. The fraction of sp³-hybridized carbons (Fsp3) is 0.857. The van der Waals surface area contributed by atoms with Gasteiger partial charge in [0.05, 0.1) is 37.9 Å². The summed E-state index contributed by atoms with van der Waals surface area (Å²) in [6.45, 7) is 7.68. The molecule has 0 aromatic rings. The Morgan fingerprint density at radius 3 is 1.91 bits per heavy atom. The highest BCUT2D eigenvalue weighted by molar-refractivity contribution is 5.87. The third kappa shape index (κ3) is 5.01. The number of carbonyl (C=O) groups is 3. The lowest BCUT2D eigenvalue weighted by Crippen LogP contribution is -2.46. The van der Waals surface area contributed by atoms with E-state index in [1.807, 2.05) is 24.1 Å². The third-order valence-corrected chi connectivity index (χ3v) is 6.52. The largest absolute Gasteiger partial charge is 0.394 e. The number of hydrogen-bond acceptors (Lipinski definition) is 6. The van der Waals surface area contributed by atoms with Crippen molar-refractivity contribution in [3.63, 3.8) is 0 Å². The molecule has 0 unspecified atom stereocenters. The Kier molecular flexibility index (Phi) is 6.97. The summed E-state index contributed by atoms with van der Waals surface area (Å²) < 4.78 is 61.1. The number of hydrogen-bond donors (Lipinski definition) is 2. The van der Waals surface area contributed by atoms with E-state index in [9.17, 15) is 31.9 Å². The van der Waals surface area contributed by atoms with Crippen molar-refractivity contribution in [1.29, 1.82) is 0 Å². The molecule has 5 saturated heterocycles. The van der Waals surface area contributed by atoms with Crippen molar-refractivity contribution in [2.75, 3.05) is 19.8 Å². The second-order valence-corrected chi connectivity index (χ2v) is 9.97. The van der Waals surface area contributed by atoms with Gasteiger partial charge in [0.1, 0.15) is 11.4 Å². The van der Waals surface area contributed by atoms with E-state index in [2.05, 4.69) is 0 Å². The number of halogens is 4. The Labute approximate surface area is 194 Å². The Hall–Kier alpha value is -1.99. The van der Waals surface area contributed by atoms with Crippen molar-refractivity contribution in [1.82, 2.24) is 15.1 Å². The van der Waals surface area contributed by atoms with Crippen molar-refractivity contribution in [2.45, 2.75) is 94.8 Å². The molecule has 5 aliphatic rings. The van der Waals surface area contributed by atoms with Crippen molar-refractivity contribution in [3.8, 4) is 0 Å². The monoisotopic (exact) mass is 497 g/mol. The minimum absolute atomic E-state index is 0.217. The summed E-state index contributed by atoms with van der Waals surface area (Å²) in [6.07, 6.45) is 0.678. The van der Waals surface area contributed by atoms with Gasteiger partial charge < -0.3 is 29.7 Å². The highest BCUT2D eigenvalue weighted by Crippen LogP contribution is 2.42. The van der Waals surface area contributed by atoms with Crippen LogP contribution in [0.25, 0.3) is 0 Å². The third-order valence-electron chi connectivity index (χ3n) is 6.52. The summed E-state index contributed by atoms with van der Waals surface area (Å²) in [7, 11) is 0. The van der Waals surface area contributed by atoms with E-state index in [-0.39, 0.29) is 18.2 Å². The van der Waals surface area contributed by atoms with Gasteiger partial charge in [0.2, 0.25) is 5.91 Å². The van der Waals surface area contributed by atoms with Crippen LogP contribution in [-0.2, 0) is 23.9 Å². The van der Waals surface area contributed by atoms with Gasteiger partial charge in [0.15, 0.2) is 0 Å². The normalized spacial score (nSPS) is 33.6. The maximum absolute atomic E-state index is 13.0. The van der Waals surface area contributed by atoms with Gasteiger partial charge in [-0.05, 0) is 34.1 Å². The van der Waals surface area contributed by atoms with Gasteiger partial charge in [-0.3, -0.25) is 14.4 Å². The van der Waals surface area contributed by atoms with Gasteiger partial charge in [-0.25, -0.2) is 0 Å². The van der Waals surface area contributed by atoms with Gasteiger partial charge in [0.25, 0.3) is 11.8 Å². The molecule has 2 N–H and O–H groups in total. The summed E-state index contributed by atoms with van der Waals surface area (Å²) >= 11 is 0. The van der Waals surface area contributed by atoms with Crippen LogP contribution in [-0.4, -0.2) is 93.9 Å². The Morgan fingerprint density at radius 2 is 1.47 bits per heavy atom. The second-order valence-electron chi connectivity index (χ2n) is 9.97. The number of carbonyl (C=O) groups excluding carboxylic acids is 3. The SMILES string of the molecule is CC1(C)OC[C@H]2CC(F)(F)C(=O)N21.CC1(C)OC[C@H]2CCC(=O)N21.O=C1N[C@@H](CO)CC1(F)F. The molecule has 13 heteroatoms. The van der Waals surface area contributed by atoms with Crippen LogP contribution in [0.3, 0.4) is 0 Å². The Bertz CT molecular complexity index is 837. The molecule has 3 atom stereocenters. The summed E-state index contributed by atoms with van der Waals surface area (Å²) in [5, 5.41) is 10.3. The number of aliphatic hydroxyl groups excluding tert-OH is 1. The number of nitrogens with one attached hydrogen (secondary N) is 1. The standard InChI is InChI=1S/C8H11F2NO2.C8H13NO2.C5H7F2NO2/c1-7(2)11-5(4-13-7)3-8(9,10)6(11)12;1-8(2)9-6(5-11-8)3-4-7(9)10;6-5(7)1-3(2-9)8-4(5)10/h5H,3-4H2,1-2H3;6H,3-5H2,1-2H3;3,9H,1-2H2,(H,8,10)/t5-;6-;3-/m111/s1. The molecule has 0 radical (unpaired) electrons. The first-order chi connectivity index (χ1) is 15.5. The second kappa shape index (κ2) is 8.90. The highest BCUT2D eigenvalue weighted by Gasteiger charge is 2.60. The zero-order chi connectivity index (χ0) is 25.7. The van der Waals surface area contributed by atoms with Crippen molar-refractivity contribution in [2.24, 2.45) is 0 Å². The van der Waals surface area contributed by atoms with Gasteiger partial charge in [-0.15, -0.1) is 0 Å². The van der Waals surface area contributed by atoms with E-state index in [1.54, 1.807) is 13.8 Å². The molecule has 0 spiro atoms. The molecule has 5 fully saturated rings. The van der Waals surface area contributed by atoms with Gasteiger partial charge >= 0.3 is 11.8 Å². The number of nitrogens with zero attached hydrogens (tertiary/aromatic N) is 2. The summed E-state index contributed by atoms with van der Waals surface area (Å²) in [4.78, 5) is 35.9. The molecule has 5 rings (SSSR count). The first-order valence-corrected chi connectivity index (χ1v) is 11.1. The van der Waals surface area contributed by atoms with Crippen molar-refractivity contribution < 1.29 is 46.5 Å². The van der Waals surface area contributed by atoms with Crippen LogP contribution in [0.4, 0.5) is 17.6 Å². The molecule has 0 bridgehead atoms. The van der Waals surface area contributed by atoms with E-state index in [1.165, 1.54) is 0 Å². The molecule has 9 nitrogen and oxygen atoms in total. The molecule has 194 valence electrons. The van der Waals surface area contributed by atoms with E-state index >= 15 is 0 Å². The number of amides is 3. The quantitative estimate of drug-likeness (QED) is 0.528. The molecule has 5 aliphatic heterocycles. The summed E-state index contributed by atoms with van der Waals surface area (Å²) in [5.74, 6) is -8.61. The molecule has 0 saturated carbocycles. The fourth-order valence-electron chi connectivity index (χ4n) is 4.87. The first-order valence-electron chi connectivity index (χ1n) is 11.1. The van der Waals surface area contributed by atoms with Crippen LogP contribution in [0, 0.1) is 0 Å². The van der Waals surface area contributed by atoms with Crippen LogP contribution >= 0.6 is 0 Å². The van der Waals surface area contributed by atoms with Crippen LogP contribution in [0.1, 0.15) is 53.4 Å². The van der Waals surface area contributed by atoms with E-state index < -0.39 is 60.9 Å². The fourth-order valence-corrected chi connectivity index (χ4v) is 4.87. The zero-order valence-corrected chi connectivity index (χ0v) is 19.6. The van der Waals surface area contributed by atoms with Crippen molar-refractivity contribution >= 4 is 17.7 Å². The number of ether oxygens (including phenoxy) is 2. The molecule has 0 aromatic carbocycles. The molecular formula is C21H31F4N3O6. The minimum Gasteiger partial charge on any atom is -0.394 e. The van der Waals surface area contributed by atoms with Crippen molar-refractivity contribution in [3.05, 3.63) is 0 Å². The minimum atomic E-state index is -3.28. The lowest BCUT2D eigenvalue weighted by atomic mass is 10.2. The summed E-state index contributed by atoms with van der Waals surface area (Å²) in [6, 6.07) is -0.863. The lowest BCUT2D eigenvalue weighted by Gasteiger charge is -2.29. The number of fused-ring (bicyclic) bond motifs is 2. The van der Waals surface area contributed by atoms with E-state index in [0.717, 1.165) is 17.9 Å². The van der Waals surface area contributed by atoms with Crippen LogP contribution in [0.5, 0.6) is 0 Å². The maximum Gasteiger partial charge on any atom is 0.326 e. The van der Waals surface area contributed by atoms with Crippen LogP contribution in [0.15, 0.2) is 0 Å².